The molecule has 1 N–H and O–H groups in total. The molecule has 0 radical (unpaired) electrons. The summed E-state index contributed by atoms with van der Waals surface area (Å²) >= 11 is 1.33. The average molecular weight is 393 g/mol. The number of anilines is 1. The third-order valence-electron chi connectivity index (χ3n) is 4.67. The van der Waals surface area contributed by atoms with E-state index in [-0.39, 0.29) is 18.0 Å². The lowest BCUT2D eigenvalue weighted by molar-refractivity contribution is -0.119. The van der Waals surface area contributed by atoms with Crippen LogP contribution in [0.2, 0.25) is 0 Å². The predicted octanol–water partition coefficient (Wildman–Crippen LogP) is 1.14. The Morgan fingerprint density at radius 1 is 1.37 bits per heavy atom. The van der Waals surface area contributed by atoms with Crippen LogP contribution in [0.25, 0.3) is 4.96 Å². The smallest absolute Gasteiger partial charge is 0.275 e. The van der Waals surface area contributed by atoms with Crippen LogP contribution in [-0.4, -0.2) is 65.2 Å². The van der Waals surface area contributed by atoms with Gasteiger partial charge in [-0.15, -0.1) is 5.10 Å². The van der Waals surface area contributed by atoms with Gasteiger partial charge in [-0.25, -0.2) is 4.98 Å². The fourth-order valence-electron chi connectivity index (χ4n) is 3.26. The van der Waals surface area contributed by atoms with E-state index in [9.17, 15) is 9.59 Å². The Morgan fingerprint density at radius 3 is 2.89 bits per heavy atom. The molecule has 1 aliphatic rings. The van der Waals surface area contributed by atoms with E-state index in [4.69, 9.17) is 0 Å². The van der Waals surface area contributed by atoms with Crippen LogP contribution >= 0.6 is 11.3 Å². The Morgan fingerprint density at radius 2 is 2.15 bits per heavy atom. The molecule has 1 fully saturated rings. The number of carbonyl (C=O) groups is 1. The average Bonchev–Trinajstić information content (AvgIpc) is 3.29. The van der Waals surface area contributed by atoms with Crippen LogP contribution in [0.4, 0.5) is 5.13 Å². The third-order valence-corrected chi connectivity index (χ3v) is 5.70. The zero-order chi connectivity index (χ0) is 19.2. The van der Waals surface area contributed by atoms with Crippen molar-refractivity contribution in [3.63, 3.8) is 0 Å². The molecule has 27 heavy (non-hydrogen) atoms. The summed E-state index contributed by atoms with van der Waals surface area (Å²) in [6.07, 6.45) is 5.26. The van der Waals surface area contributed by atoms with Gasteiger partial charge in [0.2, 0.25) is 16.0 Å². The molecule has 0 aromatic carbocycles. The van der Waals surface area contributed by atoms with Gasteiger partial charge in [0.1, 0.15) is 0 Å². The molecule has 1 amide bonds. The van der Waals surface area contributed by atoms with Crippen LogP contribution in [0.15, 0.2) is 10.9 Å². The maximum atomic E-state index is 12.2. The van der Waals surface area contributed by atoms with E-state index in [1.54, 1.807) is 11.9 Å². The number of nitrogens with zero attached hydrogens (tertiary/aromatic N) is 5. The molecular weight excluding hydrogens is 364 g/mol. The second-order valence-corrected chi connectivity index (χ2v) is 7.96. The highest BCUT2D eigenvalue weighted by Crippen LogP contribution is 2.20. The maximum absolute atomic E-state index is 12.2. The number of amides is 1. The predicted molar refractivity (Wildman–Crippen MR) is 108 cm³/mol. The summed E-state index contributed by atoms with van der Waals surface area (Å²) in [6.45, 7) is 6.36. The largest absolute Gasteiger partial charge is 0.355 e. The molecule has 0 spiro atoms. The highest BCUT2D eigenvalue weighted by molar-refractivity contribution is 7.20. The number of aromatic nitrogens is 3. The van der Waals surface area contributed by atoms with Crippen LogP contribution in [0, 0.1) is 0 Å². The van der Waals surface area contributed by atoms with E-state index < -0.39 is 0 Å². The first-order chi connectivity index (χ1) is 13.1. The van der Waals surface area contributed by atoms with Gasteiger partial charge in [-0.2, -0.15) is 4.52 Å². The van der Waals surface area contributed by atoms with Gasteiger partial charge >= 0.3 is 0 Å². The highest BCUT2D eigenvalue weighted by atomic mass is 32.1. The van der Waals surface area contributed by atoms with E-state index in [0.717, 1.165) is 31.5 Å². The molecule has 2 aromatic rings. The van der Waals surface area contributed by atoms with Crippen molar-refractivity contribution in [3.8, 4) is 0 Å². The molecule has 1 aliphatic heterocycles. The van der Waals surface area contributed by atoms with E-state index in [2.05, 4.69) is 27.2 Å². The van der Waals surface area contributed by atoms with Crippen molar-refractivity contribution in [2.75, 3.05) is 44.7 Å². The SMILES string of the molecule is CCCc1cc(=O)n2nc(N(C)CC(=O)NCCCN3CCCC3)sc2n1. The number of rotatable bonds is 9. The molecule has 1 saturated heterocycles. The summed E-state index contributed by atoms with van der Waals surface area (Å²) in [7, 11) is 1.81. The van der Waals surface area contributed by atoms with Crippen molar-refractivity contribution < 1.29 is 4.79 Å². The number of likely N-dealkylation sites (N-methyl/N-ethyl adjacent to an activating group) is 1. The molecule has 148 valence electrons. The van der Waals surface area contributed by atoms with Gasteiger partial charge < -0.3 is 15.1 Å². The van der Waals surface area contributed by atoms with Crippen LogP contribution in [0.1, 0.15) is 38.3 Å². The number of nitrogens with one attached hydrogen (secondary N) is 1. The molecule has 0 unspecified atom stereocenters. The minimum absolute atomic E-state index is 0.0369. The zero-order valence-electron chi connectivity index (χ0n) is 16.1. The Hall–Kier alpha value is -2.00. The van der Waals surface area contributed by atoms with Crippen LogP contribution in [0.5, 0.6) is 0 Å². The van der Waals surface area contributed by atoms with Gasteiger partial charge in [0.05, 0.1) is 6.54 Å². The van der Waals surface area contributed by atoms with Crippen molar-refractivity contribution in [2.45, 2.75) is 39.0 Å². The summed E-state index contributed by atoms with van der Waals surface area (Å²) in [5.41, 5.74) is 0.613. The van der Waals surface area contributed by atoms with Gasteiger partial charge in [-0.3, -0.25) is 9.59 Å². The summed E-state index contributed by atoms with van der Waals surface area (Å²) < 4.78 is 1.31. The summed E-state index contributed by atoms with van der Waals surface area (Å²) in [6, 6.07) is 1.53. The summed E-state index contributed by atoms with van der Waals surface area (Å²) in [5.74, 6) is -0.0369. The summed E-state index contributed by atoms with van der Waals surface area (Å²) in [4.78, 5) is 33.6. The van der Waals surface area contributed by atoms with Crippen LogP contribution < -0.4 is 15.8 Å². The molecule has 8 nitrogen and oxygen atoms in total. The van der Waals surface area contributed by atoms with Gasteiger partial charge in [-0.05, 0) is 45.3 Å². The molecule has 0 saturated carbocycles. The third kappa shape index (κ3) is 5.26. The van der Waals surface area contributed by atoms with Gasteiger partial charge in [0.15, 0.2) is 0 Å². The van der Waals surface area contributed by atoms with Crippen molar-refractivity contribution in [2.24, 2.45) is 0 Å². The minimum atomic E-state index is -0.175. The monoisotopic (exact) mass is 392 g/mol. The highest BCUT2D eigenvalue weighted by Gasteiger charge is 2.15. The molecule has 0 atom stereocenters. The molecule has 2 aromatic heterocycles. The van der Waals surface area contributed by atoms with Crippen molar-refractivity contribution >= 4 is 27.3 Å². The molecular formula is C18H28N6O2S. The molecule has 3 rings (SSSR count). The van der Waals surface area contributed by atoms with Crippen LogP contribution in [-0.2, 0) is 11.2 Å². The Balaban J connectivity index is 1.52. The van der Waals surface area contributed by atoms with E-state index in [1.807, 2.05) is 0 Å². The fourth-order valence-corrected chi connectivity index (χ4v) is 4.15. The van der Waals surface area contributed by atoms with Crippen molar-refractivity contribution in [1.29, 1.82) is 0 Å². The Kier molecular flexibility index (Phi) is 6.78. The first kappa shape index (κ1) is 19.8. The zero-order valence-corrected chi connectivity index (χ0v) is 16.9. The van der Waals surface area contributed by atoms with Crippen molar-refractivity contribution in [1.82, 2.24) is 24.8 Å². The van der Waals surface area contributed by atoms with E-state index >= 15 is 0 Å². The van der Waals surface area contributed by atoms with Crippen molar-refractivity contribution in [3.05, 3.63) is 22.1 Å². The summed E-state index contributed by atoms with van der Waals surface area (Å²) in [5, 5.41) is 7.89. The number of likely N-dealkylation sites (tertiary alicyclic amines) is 1. The second-order valence-electron chi connectivity index (χ2n) is 7.02. The lowest BCUT2D eigenvalue weighted by atomic mass is 10.2. The first-order valence-corrected chi connectivity index (χ1v) is 10.5. The lowest BCUT2D eigenvalue weighted by Crippen LogP contribution is -2.36. The number of fused-ring (bicyclic) bond motifs is 1. The normalized spacial score (nSPS) is 14.7. The van der Waals surface area contributed by atoms with E-state index in [1.165, 1.54) is 47.8 Å². The Labute approximate surface area is 163 Å². The van der Waals surface area contributed by atoms with E-state index in [0.29, 0.717) is 16.6 Å². The van der Waals surface area contributed by atoms with Gasteiger partial charge in [0.25, 0.3) is 5.56 Å². The molecule has 3 heterocycles. The van der Waals surface area contributed by atoms with Gasteiger partial charge in [0, 0.05) is 25.4 Å². The molecule has 0 bridgehead atoms. The number of hydrogen-bond acceptors (Lipinski definition) is 7. The number of aryl methyl sites for hydroxylation is 1. The van der Waals surface area contributed by atoms with Crippen LogP contribution in [0.3, 0.4) is 0 Å². The number of hydrogen-bond donors (Lipinski definition) is 1. The topological polar surface area (TPSA) is 82.8 Å². The lowest BCUT2D eigenvalue weighted by Gasteiger charge is -2.16. The first-order valence-electron chi connectivity index (χ1n) is 9.67. The second kappa shape index (κ2) is 9.27. The molecule has 0 aliphatic carbocycles. The number of carbonyl (C=O) groups excluding carboxylic acids is 1. The quantitative estimate of drug-likeness (QED) is 0.645. The molecule has 9 heteroatoms. The maximum Gasteiger partial charge on any atom is 0.275 e. The Bertz CT molecular complexity index is 827. The van der Waals surface area contributed by atoms with Gasteiger partial charge in [-0.1, -0.05) is 24.7 Å². The standard InChI is InChI=1S/C18H28N6O2S/c1-3-7-14-12-16(26)24-17(20-14)27-18(21-24)22(2)13-15(25)19-8-6-11-23-9-4-5-10-23/h12H,3-11,13H2,1-2H3,(H,19,25). The fraction of sp³-hybridized carbons (Fsp3) is 0.667. The minimum Gasteiger partial charge on any atom is -0.355 e.